The highest BCUT2D eigenvalue weighted by Gasteiger charge is 2.42. The fraction of sp³-hybridized carbons (Fsp3) is 0.0714. The molecular weight excluding hydrogens is 480 g/mol. The average Bonchev–Trinajstić information content (AvgIpc) is 2.99. The molecule has 4 amide bonds. The van der Waals surface area contributed by atoms with Crippen LogP contribution in [-0.4, -0.2) is 24.4 Å². The van der Waals surface area contributed by atoms with Gasteiger partial charge in [0.15, 0.2) is 0 Å². The van der Waals surface area contributed by atoms with Gasteiger partial charge >= 0.3 is 12.1 Å². The summed E-state index contributed by atoms with van der Waals surface area (Å²) >= 11 is 0. The maximum absolute atomic E-state index is 13.6. The molecule has 0 radical (unpaired) electrons. The minimum atomic E-state index is -0.585. The van der Waals surface area contributed by atoms with Crippen LogP contribution in [0, 0.1) is 0 Å². The van der Waals surface area contributed by atoms with E-state index in [1.54, 1.807) is 0 Å². The smallest absolute Gasteiger partial charge is 0.245 e. The monoisotopic (exact) mass is 506 g/mol. The number of benzene rings is 4. The van der Waals surface area contributed by atoms with Gasteiger partial charge in [0.25, 0.3) is 0 Å². The van der Waals surface area contributed by atoms with Crippen LogP contribution in [0.1, 0.15) is 0 Å². The fourth-order valence-electron chi connectivity index (χ4n) is 4.38. The second-order valence-corrected chi connectivity index (χ2v) is 8.72. The number of rotatable bonds is 5. The summed E-state index contributed by atoms with van der Waals surface area (Å²) in [5.74, 6) is 0. The summed E-state index contributed by atoms with van der Waals surface area (Å²) in [7, 11) is 0. The lowest BCUT2D eigenvalue weighted by Gasteiger charge is -2.48. The number of carbonyl (C=O) groups excluding carboxylic acids is 2. The predicted molar refractivity (Wildman–Crippen MR) is 147 cm³/mol. The van der Waals surface area contributed by atoms with Crippen molar-refractivity contribution >= 4 is 34.8 Å². The molecule has 2 saturated heterocycles. The van der Waals surface area contributed by atoms with Gasteiger partial charge in [0, 0.05) is 0 Å². The maximum atomic E-state index is 13.6. The molecule has 0 saturated carbocycles. The predicted octanol–water partition coefficient (Wildman–Crippen LogP) is 3.95. The van der Waals surface area contributed by atoms with Crippen molar-refractivity contribution in [2.45, 2.75) is 12.3 Å². The van der Waals surface area contributed by atoms with E-state index in [4.69, 9.17) is 0 Å². The number of hydrogen-bond acceptors (Lipinski definition) is 6. The van der Waals surface area contributed by atoms with Crippen LogP contribution >= 0.6 is 0 Å². The van der Waals surface area contributed by atoms with Crippen molar-refractivity contribution in [3.63, 3.8) is 0 Å². The van der Waals surface area contributed by atoms with Gasteiger partial charge in [-0.1, -0.05) is 72.8 Å². The van der Waals surface area contributed by atoms with Crippen LogP contribution in [0.15, 0.2) is 121 Å². The van der Waals surface area contributed by atoms with E-state index in [2.05, 4.69) is 21.7 Å². The fourth-order valence-corrected chi connectivity index (χ4v) is 4.38. The number of amides is 4. The molecular formula is C28H26N8O2. The molecule has 0 aliphatic carbocycles. The zero-order valence-corrected chi connectivity index (χ0v) is 20.3. The van der Waals surface area contributed by atoms with Crippen molar-refractivity contribution in [1.29, 1.82) is 0 Å². The summed E-state index contributed by atoms with van der Waals surface area (Å²) in [4.78, 5) is 27.2. The van der Waals surface area contributed by atoms with Crippen molar-refractivity contribution in [3.8, 4) is 0 Å². The van der Waals surface area contributed by atoms with E-state index < -0.39 is 12.3 Å². The Kier molecular flexibility index (Phi) is 6.42. The van der Waals surface area contributed by atoms with Gasteiger partial charge in [0.2, 0.25) is 0 Å². The van der Waals surface area contributed by atoms with Crippen molar-refractivity contribution in [2.75, 3.05) is 20.0 Å². The molecule has 0 bridgehead atoms. The topological polar surface area (TPSA) is 95.2 Å². The van der Waals surface area contributed by atoms with Crippen LogP contribution in [-0.2, 0) is 0 Å². The molecule has 2 heterocycles. The third-order valence-corrected chi connectivity index (χ3v) is 6.23. The third kappa shape index (κ3) is 4.56. The van der Waals surface area contributed by atoms with Gasteiger partial charge in [-0.15, -0.1) is 0 Å². The molecule has 38 heavy (non-hydrogen) atoms. The van der Waals surface area contributed by atoms with E-state index >= 15 is 0 Å². The standard InChI is InChI=1S/C28H26N8O2/c37-27-33(21-13-5-1-6-14-21)29-25(30-34(27)22-15-7-2-8-16-22)26-31-35(23-17-9-3-10-18-23)28(38)36(32-26)24-19-11-4-12-20-24/h1-20,25-26,29-32H. The minimum absolute atomic E-state index is 0.301. The molecule has 4 aromatic carbocycles. The van der Waals surface area contributed by atoms with Crippen molar-refractivity contribution in [3.05, 3.63) is 121 Å². The highest BCUT2D eigenvalue weighted by atomic mass is 16.2. The highest BCUT2D eigenvalue weighted by Crippen LogP contribution is 2.24. The Balaban J connectivity index is 1.38. The molecule has 10 heteroatoms. The normalized spacial score (nSPS) is 17.3. The first-order chi connectivity index (χ1) is 18.7. The molecule has 0 spiro atoms. The minimum Gasteiger partial charge on any atom is -0.245 e. The third-order valence-electron chi connectivity index (χ3n) is 6.23. The Morgan fingerprint density at radius 3 is 0.789 bits per heavy atom. The van der Waals surface area contributed by atoms with Gasteiger partial charge in [-0.3, -0.25) is 0 Å². The molecule has 2 fully saturated rings. The molecule has 10 nitrogen and oxygen atoms in total. The van der Waals surface area contributed by atoms with Crippen molar-refractivity contribution in [1.82, 2.24) is 21.7 Å². The van der Waals surface area contributed by atoms with Crippen LogP contribution in [0.4, 0.5) is 32.3 Å². The lowest BCUT2D eigenvalue weighted by Crippen LogP contribution is -2.81. The first-order valence-corrected chi connectivity index (χ1v) is 12.2. The lowest BCUT2D eigenvalue weighted by atomic mass is 10.2. The van der Waals surface area contributed by atoms with Gasteiger partial charge in [-0.25, -0.2) is 51.3 Å². The summed E-state index contributed by atoms with van der Waals surface area (Å²) in [6.45, 7) is 0. The molecule has 0 unspecified atom stereocenters. The summed E-state index contributed by atoms with van der Waals surface area (Å²) in [6.07, 6.45) is -1.17. The van der Waals surface area contributed by atoms with E-state index in [0.717, 1.165) is 0 Å². The number of para-hydroxylation sites is 4. The number of hydrogen-bond donors (Lipinski definition) is 4. The highest BCUT2D eigenvalue weighted by molar-refractivity contribution is 6.04. The SMILES string of the molecule is O=C1N(c2ccccc2)NC(C2NN(c3ccccc3)C(=O)N(c3ccccc3)N2)NN1c1ccccc1. The summed E-state index contributed by atoms with van der Waals surface area (Å²) < 4.78 is 0. The molecule has 6 rings (SSSR count). The summed E-state index contributed by atoms with van der Waals surface area (Å²) in [5.41, 5.74) is 15.9. The maximum Gasteiger partial charge on any atom is 0.358 e. The van der Waals surface area contributed by atoms with E-state index in [1.165, 1.54) is 20.0 Å². The van der Waals surface area contributed by atoms with E-state index in [9.17, 15) is 9.59 Å². The average molecular weight is 507 g/mol. The van der Waals surface area contributed by atoms with E-state index in [-0.39, 0.29) is 12.1 Å². The Morgan fingerprint density at radius 1 is 0.368 bits per heavy atom. The van der Waals surface area contributed by atoms with E-state index in [1.807, 2.05) is 121 Å². The van der Waals surface area contributed by atoms with Gasteiger partial charge in [-0.05, 0) is 48.5 Å². The van der Waals surface area contributed by atoms with Crippen LogP contribution in [0.25, 0.3) is 0 Å². The number of carbonyl (C=O) groups is 2. The number of urea groups is 2. The van der Waals surface area contributed by atoms with Gasteiger partial charge in [0.05, 0.1) is 22.7 Å². The molecule has 4 aromatic rings. The zero-order chi connectivity index (χ0) is 25.9. The molecule has 2 aliphatic rings. The lowest BCUT2D eigenvalue weighted by molar-refractivity contribution is 0.191. The van der Waals surface area contributed by atoms with Crippen LogP contribution in [0.2, 0.25) is 0 Å². The van der Waals surface area contributed by atoms with Crippen LogP contribution < -0.4 is 41.7 Å². The van der Waals surface area contributed by atoms with Crippen LogP contribution in [0.3, 0.4) is 0 Å². The van der Waals surface area contributed by atoms with Crippen molar-refractivity contribution < 1.29 is 9.59 Å². The number of hydrazine groups is 4. The van der Waals surface area contributed by atoms with Crippen LogP contribution in [0.5, 0.6) is 0 Å². The summed E-state index contributed by atoms with van der Waals surface area (Å²) in [5, 5.41) is 5.97. The Labute approximate surface area is 219 Å². The van der Waals surface area contributed by atoms with E-state index in [0.29, 0.717) is 22.7 Å². The zero-order valence-electron chi connectivity index (χ0n) is 20.3. The number of anilines is 4. The van der Waals surface area contributed by atoms with Gasteiger partial charge < -0.3 is 0 Å². The number of nitrogens with zero attached hydrogens (tertiary/aromatic N) is 4. The second kappa shape index (κ2) is 10.3. The molecule has 0 aromatic heterocycles. The largest absolute Gasteiger partial charge is 0.358 e. The first kappa shape index (κ1) is 23.6. The van der Waals surface area contributed by atoms with Crippen molar-refractivity contribution in [2.24, 2.45) is 0 Å². The molecule has 190 valence electrons. The first-order valence-electron chi connectivity index (χ1n) is 12.2. The summed E-state index contributed by atoms with van der Waals surface area (Å²) in [6, 6.07) is 36.8. The quantitative estimate of drug-likeness (QED) is 0.328. The Morgan fingerprint density at radius 2 is 0.579 bits per heavy atom. The molecule has 0 atom stereocenters. The second-order valence-electron chi connectivity index (χ2n) is 8.72. The molecule has 4 N–H and O–H groups in total. The molecule has 2 aliphatic heterocycles. The Hall–Kier alpha value is -4.74. The van der Waals surface area contributed by atoms with Gasteiger partial charge in [0.1, 0.15) is 12.3 Å². The number of nitrogens with one attached hydrogen (secondary N) is 4. The Bertz CT molecular complexity index is 1180. The van der Waals surface area contributed by atoms with Gasteiger partial charge in [-0.2, -0.15) is 0 Å².